The Bertz CT molecular complexity index is 678. The number of aliphatic hydroxyl groups excluding tert-OH is 1. The fourth-order valence-corrected chi connectivity index (χ4v) is 2.58. The van der Waals surface area contributed by atoms with E-state index in [2.05, 4.69) is 10.3 Å². The molecule has 22 heavy (non-hydrogen) atoms. The third kappa shape index (κ3) is 3.26. The van der Waals surface area contributed by atoms with Gasteiger partial charge in [-0.25, -0.2) is 0 Å². The summed E-state index contributed by atoms with van der Waals surface area (Å²) in [6.45, 7) is 3.25. The molecule has 1 unspecified atom stereocenters. The number of rotatable bonds is 4. The molecule has 3 rings (SSSR count). The quantitative estimate of drug-likeness (QED) is 0.907. The van der Waals surface area contributed by atoms with Crippen LogP contribution in [0.4, 0.5) is 5.69 Å². The minimum atomic E-state index is -0.707. The Kier molecular flexibility index (Phi) is 4.36. The van der Waals surface area contributed by atoms with Gasteiger partial charge in [0.25, 0.3) is 0 Å². The maximum Gasteiger partial charge on any atom is 0.179 e. The molecule has 0 fully saturated rings. The molecule has 1 aliphatic rings. The Labute approximate surface area is 133 Å². The van der Waals surface area contributed by atoms with E-state index in [0.717, 1.165) is 11.4 Å². The molecule has 0 bridgehead atoms. The number of benzene rings is 1. The molecular weight excluding hydrogens is 304 g/mol. The van der Waals surface area contributed by atoms with Crippen LogP contribution in [0, 0.1) is 6.92 Å². The largest absolute Gasteiger partial charge is 0.486 e. The molecule has 6 heteroatoms. The fraction of sp³-hybridized carbons (Fsp3) is 0.312. The van der Waals surface area contributed by atoms with Gasteiger partial charge in [-0.2, -0.15) is 0 Å². The number of nitrogens with zero attached hydrogens (tertiary/aromatic N) is 1. The summed E-state index contributed by atoms with van der Waals surface area (Å²) in [4.78, 5) is 4.13. The maximum absolute atomic E-state index is 10.3. The van der Waals surface area contributed by atoms with Gasteiger partial charge in [-0.15, -0.1) is 0 Å². The third-order valence-corrected chi connectivity index (χ3v) is 3.68. The third-order valence-electron chi connectivity index (χ3n) is 3.40. The molecular formula is C16H17ClN2O3. The van der Waals surface area contributed by atoms with Crippen LogP contribution in [0.3, 0.4) is 0 Å². The van der Waals surface area contributed by atoms with Gasteiger partial charge in [-0.3, -0.25) is 4.98 Å². The van der Waals surface area contributed by atoms with Gasteiger partial charge >= 0.3 is 0 Å². The lowest BCUT2D eigenvalue weighted by Crippen LogP contribution is -2.17. The van der Waals surface area contributed by atoms with E-state index in [-0.39, 0.29) is 0 Å². The summed E-state index contributed by atoms with van der Waals surface area (Å²) >= 11 is 6.18. The van der Waals surface area contributed by atoms with Crippen molar-refractivity contribution in [3.8, 4) is 11.5 Å². The highest BCUT2D eigenvalue weighted by Crippen LogP contribution is 2.39. The summed E-state index contributed by atoms with van der Waals surface area (Å²) in [5, 5.41) is 14.0. The summed E-state index contributed by atoms with van der Waals surface area (Å²) in [5.41, 5.74) is 2.52. The van der Waals surface area contributed by atoms with E-state index in [0.29, 0.717) is 41.8 Å². The van der Waals surface area contributed by atoms with Crippen LogP contribution in [-0.2, 0) is 0 Å². The van der Waals surface area contributed by atoms with Crippen LogP contribution < -0.4 is 14.8 Å². The second-order valence-electron chi connectivity index (χ2n) is 5.11. The summed E-state index contributed by atoms with van der Waals surface area (Å²) in [6.07, 6.45) is 1.02. The molecule has 2 aromatic rings. The van der Waals surface area contributed by atoms with Crippen molar-refractivity contribution in [1.82, 2.24) is 4.98 Å². The number of fused-ring (bicyclic) bond motifs is 1. The molecule has 2 heterocycles. The lowest BCUT2D eigenvalue weighted by molar-refractivity contribution is 0.167. The van der Waals surface area contributed by atoms with Gasteiger partial charge < -0.3 is 19.9 Å². The van der Waals surface area contributed by atoms with Crippen molar-refractivity contribution in [2.75, 3.05) is 25.1 Å². The SMILES string of the molecule is Cc1cc(NCC(O)c2cc(Cl)c3c(c2)OCCO3)ccn1. The molecule has 0 saturated heterocycles. The minimum absolute atomic E-state index is 0.361. The van der Waals surface area contributed by atoms with Crippen LogP contribution in [-0.4, -0.2) is 29.8 Å². The van der Waals surface area contributed by atoms with Crippen LogP contribution in [0.5, 0.6) is 11.5 Å². The van der Waals surface area contributed by atoms with Crippen LogP contribution >= 0.6 is 11.6 Å². The van der Waals surface area contributed by atoms with Gasteiger partial charge in [0.2, 0.25) is 0 Å². The van der Waals surface area contributed by atoms with E-state index in [1.54, 1.807) is 18.3 Å². The van der Waals surface area contributed by atoms with E-state index in [1.807, 2.05) is 19.1 Å². The highest BCUT2D eigenvalue weighted by atomic mass is 35.5. The van der Waals surface area contributed by atoms with Gasteiger partial charge in [0.15, 0.2) is 11.5 Å². The number of hydrogen-bond donors (Lipinski definition) is 2. The number of halogens is 1. The molecule has 2 N–H and O–H groups in total. The standard InChI is InChI=1S/C16H17ClN2O3/c1-10-6-12(2-3-18-10)19-9-14(20)11-7-13(17)16-15(8-11)21-4-5-22-16/h2-3,6-8,14,20H,4-5,9H2,1H3,(H,18,19). The average Bonchev–Trinajstić information content (AvgIpc) is 2.52. The van der Waals surface area contributed by atoms with Gasteiger partial charge in [-0.05, 0) is 36.8 Å². The van der Waals surface area contributed by atoms with Crippen LogP contribution in [0.2, 0.25) is 5.02 Å². The second-order valence-corrected chi connectivity index (χ2v) is 5.52. The number of nitrogens with one attached hydrogen (secondary N) is 1. The number of hydrogen-bond acceptors (Lipinski definition) is 5. The first kappa shape index (κ1) is 14.9. The van der Waals surface area contributed by atoms with Gasteiger partial charge in [0.05, 0.1) is 11.1 Å². The average molecular weight is 321 g/mol. The molecule has 0 spiro atoms. The van der Waals surface area contributed by atoms with E-state index < -0.39 is 6.10 Å². The maximum atomic E-state index is 10.3. The topological polar surface area (TPSA) is 63.6 Å². The first-order chi connectivity index (χ1) is 10.6. The first-order valence-corrected chi connectivity index (χ1v) is 7.45. The minimum Gasteiger partial charge on any atom is -0.486 e. The lowest BCUT2D eigenvalue weighted by atomic mass is 10.1. The van der Waals surface area contributed by atoms with Gasteiger partial charge in [0, 0.05) is 24.1 Å². The number of anilines is 1. The van der Waals surface area contributed by atoms with Crippen LogP contribution in [0.25, 0.3) is 0 Å². The highest BCUT2D eigenvalue weighted by Gasteiger charge is 2.19. The van der Waals surface area contributed by atoms with E-state index in [9.17, 15) is 5.11 Å². The van der Waals surface area contributed by atoms with E-state index >= 15 is 0 Å². The summed E-state index contributed by atoms with van der Waals surface area (Å²) < 4.78 is 11.0. The van der Waals surface area contributed by atoms with Crippen molar-refractivity contribution < 1.29 is 14.6 Å². The zero-order valence-electron chi connectivity index (χ0n) is 12.2. The van der Waals surface area contributed by atoms with Crippen molar-refractivity contribution in [3.05, 3.63) is 46.7 Å². The molecule has 0 aliphatic carbocycles. The van der Waals surface area contributed by atoms with Gasteiger partial charge in [-0.1, -0.05) is 11.6 Å². The van der Waals surface area contributed by atoms with Gasteiger partial charge in [0.1, 0.15) is 13.2 Å². The monoisotopic (exact) mass is 320 g/mol. The van der Waals surface area contributed by atoms with Crippen molar-refractivity contribution in [2.45, 2.75) is 13.0 Å². The van der Waals surface area contributed by atoms with E-state index in [4.69, 9.17) is 21.1 Å². The Morgan fingerprint density at radius 3 is 2.95 bits per heavy atom. The lowest BCUT2D eigenvalue weighted by Gasteiger charge is -2.22. The Morgan fingerprint density at radius 1 is 1.32 bits per heavy atom. The summed E-state index contributed by atoms with van der Waals surface area (Å²) in [6, 6.07) is 7.25. The fourth-order valence-electron chi connectivity index (χ4n) is 2.31. The number of aliphatic hydroxyl groups is 1. The van der Waals surface area contributed by atoms with Crippen molar-refractivity contribution in [1.29, 1.82) is 0 Å². The molecule has 1 atom stereocenters. The number of pyridine rings is 1. The van der Waals surface area contributed by atoms with E-state index in [1.165, 1.54) is 0 Å². The predicted molar refractivity (Wildman–Crippen MR) is 84.9 cm³/mol. The Morgan fingerprint density at radius 2 is 2.14 bits per heavy atom. The Hall–Kier alpha value is -1.98. The zero-order chi connectivity index (χ0) is 15.5. The number of aryl methyl sites for hydroxylation is 1. The van der Waals surface area contributed by atoms with Crippen molar-refractivity contribution in [3.63, 3.8) is 0 Å². The molecule has 0 radical (unpaired) electrons. The molecule has 5 nitrogen and oxygen atoms in total. The first-order valence-electron chi connectivity index (χ1n) is 7.07. The molecule has 0 saturated carbocycles. The second kappa shape index (κ2) is 6.42. The molecule has 1 aliphatic heterocycles. The molecule has 1 aromatic heterocycles. The highest BCUT2D eigenvalue weighted by molar-refractivity contribution is 6.32. The van der Waals surface area contributed by atoms with Crippen molar-refractivity contribution in [2.24, 2.45) is 0 Å². The predicted octanol–water partition coefficient (Wildman–Crippen LogP) is 2.96. The number of ether oxygens (including phenoxy) is 2. The van der Waals surface area contributed by atoms with Crippen LogP contribution in [0.1, 0.15) is 17.4 Å². The smallest absolute Gasteiger partial charge is 0.179 e. The summed E-state index contributed by atoms with van der Waals surface area (Å²) in [7, 11) is 0. The Balaban J connectivity index is 1.72. The molecule has 116 valence electrons. The number of aromatic nitrogens is 1. The normalized spacial score (nSPS) is 14.5. The van der Waals surface area contributed by atoms with Crippen molar-refractivity contribution >= 4 is 17.3 Å². The summed E-state index contributed by atoms with van der Waals surface area (Å²) in [5.74, 6) is 1.12. The van der Waals surface area contributed by atoms with Crippen LogP contribution in [0.15, 0.2) is 30.5 Å². The molecule has 1 aromatic carbocycles. The zero-order valence-corrected chi connectivity index (χ0v) is 12.9. The molecule has 0 amide bonds.